The quantitative estimate of drug-likeness (QED) is 0.758. The van der Waals surface area contributed by atoms with Gasteiger partial charge in [0.1, 0.15) is 11.6 Å². The topological polar surface area (TPSA) is 70.7 Å². The molecule has 24 heavy (non-hydrogen) atoms. The summed E-state index contributed by atoms with van der Waals surface area (Å²) < 4.78 is 13.7. The van der Waals surface area contributed by atoms with Crippen LogP contribution in [0.1, 0.15) is 22.8 Å². The molecule has 5 nitrogen and oxygen atoms in total. The van der Waals surface area contributed by atoms with Crippen molar-refractivity contribution in [2.45, 2.75) is 19.8 Å². The Morgan fingerprint density at radius 1 is 1.21 bits per heavy atom. The molecule has 0 bridgehead atoms. The van der Waals surface area contributed by atoms with E-state index in [2.05, 4.69) is 20.5 Å². The third-order valence-electron chi connectivity index (χ3n) is 3.51. The lowest BCUT2D eigenvalue weighted by Crippen LogP contribution is -2.16. The molecular weight excluding hydrogens is 307 g/mol. The average Bonchev–Trinajstić information content (AvgIpc) is 2.98. The zero-order valence-electron chi connectivity index (χ0n) is 13.2. The van der Waals surface area contributed by atoms with Crippen molar-refractivity contribution >= 4 is 11.6 Å². The number of amides is 1. The van der Waals surface area contributed by atoms with E-state index in [1.54, 1.807) is 19.1 Å². The molecule has 2 N–H and O–H groups in total. The second-order valence-corrected chi connectivity index (χ2v) is 5.57. The van der Waals surface area contributed by atoms with Crippen LogP contribution >= 0.6 is 0 Å². The minimum Gasteiger partial charge on any atom is -0.323 e. The van der Waals surface area contributed by atoms with Crippen LogP contribution in [0, 0.1) is 12.7 Å². The number of rotatable bonds is 5. The largest absolute Gasteiger partial charge is 0.323 e. The van der Waals surface area contributed by atoms with Crippen molar-refractivity contribution in [3.8, 4) is 0 Å². The molecule has 1 aromatic heterocycles. The van der Waals surface area contributed by atoms with Gasteiger partial charge in [0.2, 0.25) is 5.91 Å². The van der Waals surface area contributed by atoms with Gasteiger partial charge in [0.05, 0.1) is 12.1 Å². The molecule has 0 spiro atoms. The van der Waals surface area contributed by atoms with E-state index in [0.29, 0.717) is 18.1 Å². The van der Waals surface area contributed by atoms with E-state index in [-0.39, 0.29) is 18.0 Å². The molecule has 0 fully saturated rings. The van der Waals surface area contributed by atoms with Crippen molar-refractivity contribution in [2.24, 2.45) is 0 Å². The predicted octanol–water partition coefficient (Wildman–Crippen LogP) is 3.02. The first-order valence-corrected chi connectivity index (χ1v) is 7.60. The van der Waals surface area contributed by atoms with Gasteiger partial charge in [0, 0.05) is 6.42 Å². The lowest BCUT2D eigenvalue weighted by molar-refractivity contribution is -0.115. The predicted molar refractivity (Wildman–Crippen MR) is 89.1 cm³/mol. The molecule has 1 amide bonds. The third-order valence-corrected chi connectivity index (χ3v) is 3.51. The Morgan fingerprint density at radius 2 is 2.00 bits per heavy atom. The fourth-order valence-corrected chi connectivity index (χ4v) is 2.34. The van der Waals surface area contributed by atoms with Gasteiger partial charge < -0.3 is 5.32 Å². The highest BCUT2D eigenvalue weighted by molar-refractivity contribution is 5.91. The number of H-pyrrole nitrogens is 1. The monoisotopic (exact) mass is 324 g/mol. The molecule has 0 aliphatic heterocycles. The first kappa shape index (κ1) is 15.9. The number of aryl methyl sites for hydroxylation is 1. The van der Waals surface area contributed by atoms with Crippen LogP contribution in [0.4, 0.5) is 10.1 Å². The van der Waals surface area contributed by atoms with Gasteiger partial charge in [-0.1, -0.05) is 36.4 Å². The molecular formula is C18H17FN4O. The number of hydrogen-bond donors (Lipinski definition) is 2. The standard InChI is InChI=1S/C18H17FN4O/c1-12-7-8-15(14(19)9-12)20-18(24)11-17-21-16(22-23-17)10-13-5-3-2-4-6-13/h2-9H,10-11H2,1H3,(H,20,24)(H,21,22,23). The van der Waals surface area contributed by atoms with Crippen molar-refractivity contribution in [1.82, 2.24) is 15.2 Å². The lowest BCUT2D eigenvalue weighted by atomic mass is 10.1. The molecule has 0 aliphatic carbocycles. The maximum Gasteiger partial charge on any atom is 0.232 e. The number of nitrogens with one attached hydrogen (secondary N) is 2. The first-order chi connectivity index (χ1) is 11.6. The highest BCUT2D eigenvalue weighted by Gasteiger charge is 2.11. The number of nitrogens with zero attached hydrogens (tertiary/aromatic N) is 2. The molecule has 0 aliphatic rings. The number of anilines is 1. The second-order valence-electron chi connectivity index (χ2n) is 5.57. The minimum atomic E-state index is -0.455. The molecule has 1 heterocycles. The van der Waals surface area contributed by atoms with E-state index < -0.39 is 5.82 Å². The Bertz CT molecular complexity index is 845. The van der Waals surface area contributed by atoms with Gasteiger partial charge in [0.15, 0.2) is 5.82 Å². The molecule has 122 valence electrons. The SMILES string of the molecule is Cc1ccc(NC(=O)Cc2n[nH]c(Cc3ccccc3)n2)c(F)c1. The molecule has 3 rings (SSSR count). The number of halogens is 1. The van der Waals surface area contributed by atoms with Gasteiger partial charge in [-0.15, -0.1) is 0 Å². The summed E-state index contributed by atoms with van der Waals surface area (Å²) in [6.45, 7) is 1.79. The maximum atomic E-state index is 13.7. The zero-order chi connectivity index (χ0) is 16.9. The van der Waals surface area contributed by atoms with Crippen molar-refractivity contribution in [3.63, 3.8) is 0 Å². The van der Waals surface area contributed by atoms with Crippen LogP contribution in [-0.4, -0.2) is 21.1 Å². The number of aromatic amines is 1. The molecule has 3 aromatic rings. The molecule has 0 saturated carbocycles. The summed E-state index contributed by atoms with van der Waals surface area (Å²) in [6, 6.07) is 14.5. The molecule has 0 saturated heterocycles. The number of carbonyl (C=O) groups is 1. The van der Waals surface area contributed by atoms with E-state index in [1.165, 1.54) is 6.07 Å². The summed E-state index contributed by atoms with van der Waals surface area (Å²) in [5.74, 6) is 0.252. The number of aromatic nitrogens is 3. The summed E-state index contributed by atoms with van der Waals surface area (Å²) in [4.78, 5) is 16.3. The molecule has 0 atom stereocenters. The van der Waals surface area contributed by atoms with E-state index in [1.807, 2.05) is 30.3 Å². The minimum absolute atomic E-state index is 0.0153. The van der Waals surface area contributed by atoms with E-state index in [0.717, 1.165) is 11.1 Å². The Balaban J connectivity index is 1.61. The van der Waals surface area contributed by atoms with Gasteiger partial charge >= 0.3 is 0 Å². The van der Waals surface area contributed by atoms with Crippen LogP contribution in [-0.2, 0) is 17.6 Å². The highest BCUT2D eigenvalue weighted by Crippen LogP contribution is 2.15. The van der Waals surface area contributed by atoms with Crippen LogP contribution in [0.3, 0.4) is 0 Å². The van der Waals surface area contributed by atoms with Crippen LogP contribution in [0.5, 0.6) is 0 Å². The van der Waals surface area contributed by atoms with Gasteiger partial charge in [-0.25, -0.2) is 9.37 Å². The zero-order valence-corrected chi connectivity index (χ0v) is 13.2. The van der Waals surface area contributed by atoms with Gasteiger partial charge in [-0.2, -0.15) is 5.10 Å². The van der Waals surface area contributed by atoms with Crippen molar-refractivity contribution < 1.29 is 9.18 Å². The van der Waals surface area contributed by atoms with E-state index in [9.17, 15) is 9.18 Å². The fraction of sp³-hybridized carbons (Fsp3) is 0.167. The maximum absolute atomic E-state index is 13.7. The first-order valence-electron chi connectivity index (χ1n) is 7.60. The smallest absolute Gasteiger partial charge is 0.232 e. The van der Waals surface area contributed by atoms with Crippen LogP contribution in [0.25, 0.3) is 0 Å². The van der Waals surface area contributed by atoms with E-state index in [4.69, 9.17) is 0 Å². The molecule has 0 unspecified atom stereocenters. The lowest BCUT2D eigenvalue weighted by Gasteiger charge is -2.05. The average molecular weight is 324 g/mol. The molecule has 2 aromatic carbocycles. The number of hydrogen-bond acceptors (Lipinski definition) is 3. The van der Waals surface area contributed by atoms with Crippen LogP contribution in [0.2, 0.25) is 0 Å². The molecule has 0 radical (unpaired) electrons. The number of carbonyl (C=O) groups excluding carboxylic acids is 1. The normalized spacial score (nSPS) is 10.6. The van der Waals surface area contributed by atoms with Crippen LogP contribution in [0.15, 0.2) is 48.5 Å². The van der Waals surface area contributed by atoms with E-state index >= 15 is 0 Å². The van der Waals surface area contributed by atoms with Crippen molar-refractivity contribution in [3.05, 3.63) is 77.1 Å². The van der Waals surface area contributed by atoms with Gasteiger partial charge in [0.25, 0.3) is 0 Å². The number of benzene rings is 2. The van der Waals surface area contributed by atoms with Crippen LogP contribution < -0.4 is 5.32 Å². The summed E-state index contributed by atoms with van der Waals surface area (Å²) in [5.41, 5.74) is 2.06. The summed E-state index contributed by atoms with van der Waals surface area (Å²) in [6.07, 6.45) is 0.598. The highest BCUT2D eigenvalue weighted by atomic mass is 19.1. The Kier molecular flexibility index (Phi) is 4.65. The molecule has 6 heteroatoms. The van der Waals surface area contributed by atoms with Crippen molar-refractivity contribution in [2.75, 3.05) is 5.32 Å². The Hall–Kier alpha value is -3.02. The fourth-order valence-electron chi connectivity index (χ4n) is 2.34. The Morgan fingerprint density at radius 3 is 2.75 bits per heavy atom. The van der Waals surface area contributed by atoms with Crippen molar-refractivity contribution in [1.29, 1.82) is 0 Å². The van der Waals surface area contributed by atoms with Gasteiger partial charge in [-0.3, -0.25) is 9.89 Å². The Labute approximate surface area is 138 Å². The second kappa shape index (κ2) is 7.04. The summed E-state index contributed by atoms with van der Waals surface area (Å²) in [5, 5.41) is 9.40. The van der Waals surface area contributed by atoms with Gasteiger partial charge in [-0.05, 0) is 30.2 Å². The summed E-state index contributed by atoms with van der Waals surface area (Å²) in [7, 11) is 0. The third kappa shape index (κ3) is 4.04. The summed E-state index contributed by atoms with van der Waals surface area (Å²) >= 11 is 0.